The number of halogens is 1. The van der Waals surface area contributed by atoms with Gasteiger partial charge in [0.2, 0.25) is 0 Å². The lowest BCUT2D eigenvalue weighted by Gasteiger charge is -2.42. The van der Waals surface area contributed by atoms with E-state index >= 15 is 0 Å². The molecular weight excluding hydrogens is 300 g/mol. The van der Waals surface area contributed by atoms with Crippen molar-refractivity contribution in [1.29, 1.82) is 0 Å². The predicted octanol–water partition coefficient (Wildman–Crippen LogP) is 3.88. The quantitative estimate of drug-likeness (QED) is 0.914. The summed E-state index contributed by atoms with van der Waals surface area (Å²) in [6.45, 7) is 8.65. The summed E-state index contributed by atoms with van der Waals surface area (Å²) in [5.74, 6) is 0.777. The molecule has 1 aliphatic rings. The molecule has 3 heteroatoms. The van der Waals surface area contributed by atoms with Crippen molar-refractivity contribution in [3.05, 3.63) is 33.8 Å². The fraction of sp³-hybridized carbons (Fsp3) is 0.625. The van der Waals surface area contributed by atoms with Crippen LogP contribution in [0.4, 0.5) is 0 Å². The van der Waals surface area contributed by atoms with Crippen molar-refractivity contribution in [2.45, 2.75) is 45.7 Å². The molecule has 2 rings (SSSR count). The first-order valence-corrected chi connectivity index (χ1v) is 8.04. The Morgan fingerprint density at radius 1 is 1.37 bits per heavy atom. The van der Waals surface area contributed by atoms with Crippen molar-refractivity contribution in [2.75, 3.05) is 13.1 Å². The van der Waals surface area contributed by atoms with E-state index in [1.54, 1.807) is 0 Å². The van der Waals surface area contributed by atoms with Crippen molar-refractivity contribution in [3.63, 3.8) is 0 Å². The zero-order valence-electron chi connectivity index (χ0n) is 12.2. The highest BCUT2D eigenvalue weighted by Gasteiger charge is 2.29. The van der Waals surface area contributed by atoms with Crippen LogP contribution >= 0.6 is 15.9 Å². The van der Waals surface area contributed by atoms with Crippen molar-refractivity contribution in [1.82, 2.24) is 4.90 Å². The number of nitrogens with zero attached hydrogens (tertiary/aromatic N) is 1. The van der Waals surface area contributed by atoms with Crippen molar-refractivity contribution >= 4 is 15.9 Å². The Hall–Kier alpha value is -0.380. The number of nitrogens with two attached hydrogens (primary N) is 1. The van der Waals surface area contributed by atoms with Crippen LogP contribution < -0.4 is 5.73 Å². The van der Waals surface area contributed by atoms with Gasteiger partial charge >= 0.3 is 0 Å². The first-order valence-electron chi connectivity index (χ1n) is 7.24. The molecule has 0 amide bonds. The number of hydrogen-bond donors (Lipinski definition) is 1. The first-order chi connectivity index (χ1) is 9.02. The largest absolute Gasteiger partial charge is 0.329 e. The minimum Gasteiger partial charge on any atom is -0.329 e. The molecule has 1 aromatic rings. The molecule has 0 saturated carbocycles. The number of aryl methyl sites for hydroxylation is 1. The Balaban J connectivity index is 2.25. The van der Waals surface area contributed by atoms with Crippen LogP contribution in [0.5, 0.6) is 0 Å². The Kier molecular flexibility index (Phi) is 5.04. The smallest absolute Gasteiger partial charge is 0.0473 e. The SMILES string of the molecule is Cc1ccc(C(CN)N2CC(C)CCC2C)cc1Br. The van der Waals surface area contributed by atoms with Crippen LogP contribution in [0.2, 0.25) is 0 Å². The van der Waals surface area contributed by atoms with Gasteiger partial charge in [0.25, 0.3) is 0 Å². The minimum absolute atomic E-state index is 0.342. The molecule has 0 aliphatic carbocycles. The normalized spacial score (nSPS) is 26.4. The van der Waals surface area contributed by atoms with Gasteiger partial charge in [-0.25, -0.2) is 0 Å². The molecule has 1 aromatic carbocycles. The highest BCUT2D eigenvalue weighted by Crippen LogP contribution is 2.31. The number of rotatable bonds is 3. The Bertz CT molecular complexity index is 433. The molecule has 3 unspecified atom stereocenters. The number of piperidine rings is 1. The van der Waals surface area contributed by atoms with Gasteiger partial charge in [-0.3, -0.25) is 4.90 Å². The predicted molar refractivity (Wildman–Crippen MR) is 85.2 cm³/mol. The molecule has 2 nitrogen and oxygen atoms in total. The molecule has 1 fully saturated rings. The van der Waals surface area contributed by atoms with Gasteiger partial charge in [-0.15, -0.1) is 0 Å². The summed E-state index contributed by atoms with van der Waals surface area (Å²) in [6.07, 6.45) is 2.62. The van der Waals surface area contributed by atoms with Crippen LogP contribution in [0.25, 0.3) is 0 Å². The molecule has 1 saturated heterocycles. The number of hydrogen-bond acceptors (Lipinski definition) is 2. The second-order valence-corrected chi connectivity index (χ2v) is 6.84. The zero-order chi connectivity index (χ0) is 14.0. The van der Waals surface area contributed by atoms with Gasteiger partial charge in [0, 0.05) is 29.6 Å². The highest BCUT2D eigenvalue weighted by molar-refractivity contribution is 9.10. The summed E-state index contributed by atoms with van der Waals surface area (Å²) >= 11 is 3.64. The molecular formula is C16H25BrN2. The third kappa shape index (κ3) is 3.39. The van der Waals surface area contributed by atoms with Gasteiger partial charge in [-0.1, -0.05) is 35.0 Å². The molecule has 2 N–H and O–H groups in total. The topological polar surface area (TPSA) is 29.3 Å². The van der Waals surface area contributed by atoms with Gasteiger partial charge in [-0.2, -0.15) is 0 Å². The lowest BCUT2D eigenvalue weighted by Crippen LogP contribution is -2.45. The van der Waals surface area contributed by atoms with Crippen molar-refractivity contribution < 1.29 is 0 Å². The van der Waals surface area contributed by atoms with E-state index in [4.69, 9.17) is 5.73 Å². The van der Waals surface area contributed by atoms with Crippen LogP contribution in [-0.2, 0) is 0 Å². The monoisotopic (exact) mass is 324 g/mol. The second-order valence-electron chi connectivity index (χ2n) is 5.99. The maximum Gasteiger partial charge on any atom is 0.0473 e. The van der Waals surface area contributed by atoms with Crippen LogP contribution in [0, 0.1) is 12.8 Å². The minimum atomic E-state index is 0.342. The van der Waals surface area contributed by atoms with Crippen LogP contribution in [-0.4, -0.2) is 24.0 Å². The fourth-order valence-corrected chi connectivity index (χ4v) is 3.43. The molecule has 1 heterocycles. The molecule has 19 heavy (non-hydrogen) atoms. The fourth-order valence-electron chi connectivity index (χ4n) is 3.04. The van der Waals surface area contributed by atoms with Gasteiger partial charge in [0.15, 0.2) is 0 Å². The van der Waals surface area contributed by atoms with E-state index in [2.05, 4.69) is 59.8 Å². The summed E-state index contributed by atoms with van der Waals surface area (Å²) < 4.78 is 1.18. The van der Waals surface area contributed by atoms with Crippen LogP contribution in [0.3, 0.4) is 0 Å². The molecule has 0 aromatic heterocycles. The standard InChI is InChI=1S/C16H25BrN2/c1-11-4-6-13(3)19(10-11)16(9-18)14-7-5-12(2)15(17)8-14/h5,7-8,11,13,16H,4,6,9-10,18H2,1-3H3. The average molecular weight is 325 g/mol. The maximum atomic E-state index is 6.07. The first kappa shape index (κ1) is 15.0. The summed E-state index contributed by atoms with van der Waals surface area (Å²) in [5, 5.41) is 0. The lowest BCUT2D eigenvalue weighted by molar-refractivity contribution is 0.0798. The summed E-state index contributed by atoms with van der Waals surface area (Å²) in [7, 11) is 0. The Labute approximate surface area is 125 Å². The van der Waals surface area contributed by atoms with E-state index in [-0.39, 0.29) is 0 Å². The van der Waals surface area contributed by atoms with Crippen LogP contribution in [0.15, 0.2) is 22.7 Å². The van der Waals surface area contributed by atoms with E-state index in [0.717, 1.165) is 12.5 Å². The third-order valence-electron chi connectivity index (χ3n) is 4.37. The van der Waals surface area contributed by atoms with Gasteiger partial charge in [-0.05, 0) is 49.8 Å². The Morgan fingerprint density at radius 3 is 2.74 bits per heavy atom. The van der Waals surface area contributed by atoms with Gasteiger partial charge < -0.3 is 5.73 Å². The van der Waals surface area contributed by atoms with E-state index in [0.29, 0.717) is 18.6 Å². The maximum absolute atomic E-state index is 6.07. The molecule has 0 radical (unpaired) electrons. The van der Waals surface area contributed by atoms with Crippen LogP contribution in [0.1, 0.15) is 43.9 Å². The summed E-state index contributed by atoms with van der Waals surface area (Å²) in [5.41, 5.74) is 8.69. The number of benzene rings is 1. The molecule has 106 valence electrons. The zero-order valence-corrected chi connectivity index (χ0v) is 13.8. The molecule has 1 aliphatic heterocycles. The van der Waals surface area contributed by atoms with Crippen molar-refractivity contribution in [3.8, 4) is 0 Å². The van der Waals surface area contributed by atoms with E-state index in [1.807, 2.05) is 0 Å². The third-order valence-corrected chi connectivity index (χ3v) is 5.22. The second kappa shape index (κ2) is 6.38. The highest BCUT2D eigenvalue weighted by atomic mass is 79.9. The van der Waals surface area contributed by atoms with E-state index < -0.39 is 0 Å². The molecule has 3 atom stereocenters. The Morgan fingerprint density at radius 2 is 2.11 bits per heavy atom. The summed E-state index contributed by atoms with van der Waals surface area (Å²) in [6, 6.07) is 7.61. The van der Waals surface area contributed by atoms with Crippen molar-refractivity contribution in [2.24, 2.45) is 11.7 Å². The molecule has 0 spiro atoms. The van der Waals surface area contributed by atoms with Gasteiger partial charge in [0.1, 0.15) is 0 Å². The van der Waals surface area contributed by atoms with Gasteiger partial charge in [0.05, 0.1) is 0 Å². The van der Waals surface area contributed by atoms with E-state index in [9.17, 15) is 0 Å². The molecule has 0 bridgehead atoms. The number of likely N-dealkylation sites (tertiary alicyclic amines) is 1. The lowest BCUT2D eigenvalue weighted by atomic mass is 9.91. The summed E-state index contributed by atoms with van der Waals surface area (Å²) in [4.78, 5) is 2.59. The van der Waals surface area contributed by atoms with E-state index in [1.165, 1.54) is 28.4 Å². The average Bonchev–Trinajstić information content (AvgIpc) is 2.38.